The van der Waals surface area contributed by atoms with Crippen LogP contribution in [0.25, 0.3) is 44.9 Å². The number of nitrogens with one attached hydrogen (secondary N) is 4. The Morgan fingerprint density at radius 2 is 0.921 bits per heavy atom. The highest BCUT2D eigenvalue weighted by Crippen LogP contribution is 2.57. The Balaban J connectivity index is 0.454. The van der Waals surface area contributed by atoms with Crippen molar-refractivity contribution < 1.29 is 65.5 Å². The molecule has 10 aliphatic heterocycles. The molecule has 126 heavy (non-hydrogen) atoms. The molecule has 7 atom stereocenters. The van der Waals surface area contributed by atoms with E-state index in [0.717, 1.165) is 99.0 Å². The van der Waals surface area contributed by atoms with Crippen LogP contribution in [0, 0.1) is 69.6 Å². The molecule has 642 valence electrons. The molecule has 10 amide bonds. The Hall–Kier alpha value is -13.1. The first-order valence-electron chi connectivity index (χ1n) is 42.0. The molecule has 6 aromatic heterocycles. The number of hydrogen-bond donors (Lipinski definition) is 6. The van der Waals surface area contributed by atoms with Gasteiger partial charge in [-0.1, -0.05) is 23.2 Å². The van der Waals surface area contributed by atoms with Gasteiger partial charge < -0.3 is 51.5 Å². The Morgan fingerprint density at radius 3 is 1.39 bits per heavy atom. The lowest BCUT2D eigenvalue weighted by Gasteiger charge is -2.54. The van der Waals surface area contributed by atoms with Gasteiger partial charge in [-0.05, 0) is 170 Å². The van der Waals surface area contributed by atoms with E-state index in [0.29, 0.717) is 110 Å². The summed E-state index contributed by atoms with van der Waals surface area (Å²) in [5.74, 6) is -6.17. The van der Waals surface area contributed by atoms with Gasteiger partial charge in [-0.2, -0.15) is 0 Å². The molecule has 2 aliphatic carbocycles. The maximum Gasteiger partial charge on any atom is 0.262 e. The number of nitrogens with two attached hydrogens (primary N) is 2. The highest BCUT2D eigenvalue weighted by atomic mass is 35.5. The number of imide groups is 4. The van der Waals surface area contributed by atoms with E-state index in [4.69, 9.17) is 54.6 Å². The van der Waals surface area contributed by atoms with E-state index in [1.165, 1.54) is 60.8 Å². The highest BCUT2D eigenvalue weighted by molar-refractivity contribution is 6.31. The zero-order valence-electron chi connectivity index (χ0n) is 67.2. The molecule has 32 nitrogen and oxygen atoms in total. The molecule has 8 saturated heterocycles. The van der Waals surface area contributed by atoms with Gasteiger partial charge in [0.25, 0.3) is 35.4 Å². The predicted octanol–water partition coefficient (Wildman–Crippen LogP) is 8.47. The minimum atomic E-state index is -1.16. The summed E-state index contributed by atoms with van der Waals surface area (Å²) in [4.78, 5) is 174. The summed E-state index contributed by atoms with van der Waals surface area (Å²) in [5.41, 5.74) is 15.4. The molecule has 0 bridgehead atoms. The lowest BCUT2D eigenvalue weighted by molar-refractivity contribution is -0.137. The smallest absolute Gasteiger partial charge is 0.262 e. The molecule has 10 aromatic rings. The van der Waals surface area contributed by atoms with Crippen molar-refractivity contribution in [2.75, 3.05) is 133 Å². The number of nitrogens with zero attached hydrogens (tertiary/aromatic N) is 16. The summed E-state index contributed by atoms with van der Waals surface area (Å²) < 4.78 is 69.0. The largest absolute Gasteiger partial charge is 0.382 e. The summed E-state index contributed by atoms with van der Waals surface area (Å²) >= 11 is 13.0. The van der Waals surface area contributed by atoms with Crippen molar-refractivity contribution in [2.45, 2.75) is 63.5 Å². The van der Waals surface area contributed by atoms with Crippen LogP contribution in [0.15, 0.2) is 110 Å². The lowest BCUT2D eigenvalue weighted by Crippen LogP contribution is -2.61. The summed E-state index contributed by atoms with van der Waals surface area (Å²) in [6.45, 7) is 10.1. The third-order valence-corrected chi connectivity index (χ3v) is 28.7. The molecule has 10 fully saturated rings. The first-order valence-corrected chi connectivity index (χ1v) is 42.8. The summed E-state index contributed by atoms with van der Waals surface area (Å²) in [7, 11) is 0. The fourth-order valence-electron chi connectivity index (χ4n) is 21.7. The van der Waals surface area contributed by atoms with Crippen LogP contribution in [0.1, 0.15) is 114 Å². The fraction of sp³-hybridized carbons (Fsp3) is 0.364. The number of imidazole rings is 2. The van der Waals surface area contributed by atoms with Gasteiger partial charge in [-0.3, -0.25) is 77.2 Å². The fourth-order valence-corrected chi connectivity index (χ4v) is 22.1. The molecule has 4 aromatic carbocycles. The highest BCUT2D eigenvalue weighted by Gasteiger charge is 2.61. The predicted molar refractivity (Wildman–Crippen MR) is 451 cm³/mol. The summed E-state index contributed by atoms with van der Waals surface area (Å²) in [6, 6.07) is 16.7. The van der Waals surface area contributed by atoms with Gasteiger partial charge in [0, 0.05) is 162 Å². The maximum absolute atomic E-state index is 16.9. The quantitative estimate of drug-likeness (QED) is 0.0367. The molecule has 2 saturated carbocycles. The average molecular weight is 1750 g/mol. The van der Waals surface area contributed by atoms with Crippen molar-refractivity contribution in [1.29, 1.82) is 0 Å². The van der Waals surface area contributed by atoms with E-state index in [2.05, 4.69) is 50.8 Å². The van der Waals surface area contributed by atoms with Gasteiger partial charge in [0.05, 0.1) is 39.3 Å². The minimum absolute atomic E-state index is 0.00331. The first kappa shape index (κ1) is 78.9. The Labute approximate surface area is 723 Å². The molecule has 4 unspecified atom stereocenters. The third-order valence-electron chi connectivity index (χ3n) is 28.2. The number of benzene rings is 4. The molecule has 2 spiro atoms. The number of halogens is 6. The van der Waals surface area contributed by atoms with Crippen molar-refractivity contribution in [3.63, 3.8) is 0 Å². The lowest BCUT2D eigenvalue weighted by atomic mass is 9.72. The molecule has 12 aliphatic rings. The van der Waals surface area contributed by atoms with Crippen LogP contribution in [-0.2, 0) is 19.2 Å². The topological polar surface area (TPSA) is 383 Å². The van der Waals surface area contributed by atoms with Crippen molar-refractivity contribution >= 4 is 140 Å². The number of pyridine rings is 2. The second-order valence-electron chi connectivity index (χ2n) is 35.7. The van der Waals surface area contributed by atoms with Crippen LogP contribution in [0.3, 0.4) is 0 Å². The second-order valence-corrected chi connectivity index (χ2v) is 36.6. The van der Waals surface area contributed by atoms with Gasteiger partial charge in [-0.25, -0.2) is 47.5 Å². The number of carbonyl (C=O) groups excluding carboxylic acids is 10. The van der Waals surface area contributed by atoms with Gasteiger partial charge >= 0.3 is 0 Å². The van der Waals surface area contributed by atoms with E-state index in [1.807, 2.05) is 14.2 Å². The molecule has 38 heteroatoms. The van der Waals surface area contributed by atoms with Crippen molar-refractivity contribution in [2.24, 2.45) is 46.3 Å². The van der Waals surface area contributed by atoms with Crippen LogP contribution < -0.4 is 52.3 Å². The Morgan fingerprint density at radius 1 is 0.468 bits per heavy atom. The number of amides is 10. The first-order chi connectivity index (χ1) is 60.6. The number of fused-ring (bicyclic) bond motifs is 6. The van der Waals surface area contributed by atoms with Gasteiger partial charge in [0.2, 0.25) is 35.5 Å². The van der Waals surface area contributed by atoms with E-state index < -0.39 is 94.4 Å². The van der Waals surface area contributed by atoms with Crippen LogP contribution in [-0.4, -0.2) is 221 Å². The minimum Gasteiger partial charge on any atom is -0.382 e. The molecule has 8 N–H and O–H groups in total. The SMILES string of the molecule is Nc1nccn2c(N3CCC4(CC3)CN(C[C@@H]3[C@H]5CN(c6cc7c(cc6F)C(=O)N(C6CCC(=O)NC6=O)C7=O)C[C@@H]35)C4)nc(-c3ccc(C(=O)Nc4cc(Cl)cc(-c5cn6c(N7CCC8(CC7)CN(CC7C9CN(c%10cc%11c(cc%10F)C(=O)N(C%10CCC(=O)NC%10=O)C%11=O)CC79)C8)nc(-c7ccc(C(=O)Nc8cc(Cl)ccn8)cc7F)c6c(N)n5)n4)cc3F)c12. The number of piperidine rings is 6. The van der Waals surface area contributed by atoms with Gasteiger partial charge in [0.15, 0.2) is 5.82 Å². The molecular formula is C88H78Cl2F4N22O10. The number of hydrogen-bond acceptors (Lipinski definition) is 24. The normalized spacial score (nSPS) is 24.0. The van der Waals surface area contributed by atoms with Crippen molar-refractivity contribution in [3.8, 4) is 33.9 Å². The number of aromatic nitrogens is 8. The average Bonchev–Trinajstić information content (AvgIpc) is 1.71. The second kappa shape index (κ2) is 29.3. The van der Waals surface area contributed by atoms with E-state index in [9.17, 15) is 47.9 Å². The van der Waals surface area contributed by atoms with Crippen molar-refractivity contribution in [3.05, 3.63) is 176 Å². The number of anilines is 8. The molecule has 0 radical (unpaired) electrons. The zero-order chi connectivity index (χ0) is 86.7. The van der Waals surface area contributed by atoms with Crippen LogP contribution in [0.5, 0.6) is 0 Å². The number of rotatable bonds is 17. The van der Waals surface area contributed by atoms with Gasteiger partial charge in [0.1, 0.15) is 80.9 Å². The van der Waals surface area contributed by atoms with Gasteiger partial charge in [-0.15, -0.1) is 0 Å². The molecule has 16 heterocycles. The maximum atomic E-state index is 16.9. The molecular weight excluding hydrogens is 1670 g/mol. The monoisotopic (exact) mass is 1750 g/mol. The van der Waals surface area contributed by atoms with Crippen LogP contribution >= 0.6 is 23.2 Å². The van der Waals surface area contributed by atoms with E-state index in [-0.39, 0.29) is 149 Å². The summed E-state index contributed by atoms with van der Waals surface area (Å²) in [5, 5.41) is 10.3. The Kier molecular flexibility index (Phi) is 18.3. The standard InChI is InChI=1S/C88H78Cl2F4N22O10/c89-43-9-14-97-67(24-43)101-77(119)41-1-4-46(58(92)21-41)72-74-76(96)100-62(36-114(74)86(106-72)110-18-12-88(13-19-110)39-108(40-88)31-52-55-34-112(35-56(52)55)66-29-50-48(27-60(66)94)82(124)116(84(50)126)64-6-8-70(118)104-80(64)122)61-23-44(90)25-68(99-61)102-78(120)42-2-3-45(57(91)22-42)71-73-75(95)98-15-20-113(73)85(105-71)109-16-10-87(11-17-109)37-107(38-87)30-51-53-32-111(33-54(51)53)65-28-49-47(26-59(65)93)81(123)115(83(49)125)63-5-7-69(117)103-79(63)121/h1-4,9,14-15,20-29,36,51-56,63-64H,5-8,10-13,16-19,30-35,37-40H2,(H2,95,98)(H2,96,100)(H,97,101,119)(H,99,102,120)(H,103,117,121)(H,104,118,122)/t51-,52?,53-,54+,55?,56?,63?,64?. The Bertz CT molecular complexity index is 6490. The van der Waals surface area contributed by atoms with Crippen LogP contribution in [0.2, 0.25) is 10.0 Å². The third kappa shape index (κ3) is 13.2. The summed E-state index contributed by atoms with van der Waals surface area (Å²) in [6.07, 6.45) is 9.65. The zero-order valence-corrected chi connectivity index (χ0v) is 68.7. The number of nitrogen functional groups attached to an aromatic ring is 2. The number of carbonyl (C=O) groups is 10. The molecule has 22 rings (SSSR count). The van der Waals surface area contributed by atoms with Crippen molar-refractivity contribution in [1.82, 2.24) is 68.9 Å². The van der Waals surface area contributed by atoms with E-state index >= 15 is 17.6 Å². The van der Waals surface area contributed by atoms with Crippen LogP contribution in [0.4, 0.5) is 64.1 Å². The van der Waals surface area contributed by atoms with E-state index in [1.54, 1.807) is 29.1 Å². The number of likely N-dealkylation sites (tertiary alicyclic amines) is 2.